The summed E-state index contributed by atoms with van der Waals surface area (Å²) >= 11 is 0. The second-order valence-electron chi connectivity index (χ2n) is 5.50. The van der Waals surface area contributed by atoms with Gasteiger partial charge in [-0.15, -0.1) is 0 Å². The van der Waals surface area contributed by atoms with E-state index < -0.39 is 11.8 Å². The summed E-state index contributed by atoms with van der Waals surface area (Å²) < 4.78 is 24.1. The summed E-state index contributed by atoms with van der Waals surface area (Å²) in [5, 5.41) is 0. The molecule has 0 atom stereocenters. The molecule has 0 saturated heterocycles. The number of methoxy groups -OCH3 is 2. The first kappa shape index (κ1) is 16.0. The lowest BCUT2D eigenvalue weighted by Gasteiger charge is -2.14. The number of aryl methyl sites for hydroxylation is 1. The number of carbonyl (C=O) groups excluding carboxylic acids is 2. The molecule has 0 fully saturated rings. The minimum atomic E-state index is -0.480. The zero-order chi connectivity index (χ0) is 17.4. The van der Waals surface area contributed by atoms with Crippen LogP contribution >= 0.6 is 0 Å². The molecule has 2 aromatic carbocycles. The Morgan fingerprint density at radius 3 is 2.42 bits per heavy atom. The zero-order valence-electron chi connectivity index (χ0n) is 13.6. The van der Waals surface area contributed by atoms with Gasteiger partial charge in [0, 0.05) is 0 Å². The fourth-order valence-electron chi connectivity index (χ4n) is 2.75. The molecule has 124 valence electrons. The molecule has 1 heterocycles. The van der Waals surface area contributed by atoms with Crippen LogP contribution < -0.4 is 9.47 Å². The van der Waals surface area contributed by atoms with Gasteiger partial charge < -0.3 is 9.47 Å². The fourth-order valence-corrected chi connectivity index (χ4v) is 2.75. The van der Waals surface area contributed by atoms with Crippen molar-refractivity contribution in [3.05, 3.63) is 58.4 Å². The highest BCUT2D eigenvalue weighted by atomic mass is 19.1. The topological polar surface area (TPSA) is 55.8 Å². The fraction of sp³-hybridized carbons (Fsp3) is 0.222. The van der Waals surface area contributed by atoms with Crippen molar-refractivity contribution in [1.82, 2.24) is 4.90 Å². The van der Waals surface area contributed by atoms with Gasteiger partial charge in [0.15, 0.2) is 11.5 Å². The number of imide groups is 1. The maximum atomic E-state index is 13.7. The van der Waals surface area contributed by atoms with Gasteiger partial charge in [-0.3, -0.25) is 14.5 Å². The Labute approximate surface area is 138 Å². The zero-order valence-corrected chi connectivity index (χ0v) is 13.6. The Bertz CT molecular complexity index is 847. The number of fused-ring (bicyclic) bond motifs is 1. The van der Waals surface area contributed by atoms with Crippen molar-refractivity contribution >= 4 is 11.8 Å². The minimum absolute atomic E-state index is 0.00494. The number of nitrogens with zero attached hydrogens (tertiary/aromatic N) is 1. The number of amides is 2. The van der Waals surface area contributed by atoms with E-state index in [1.54, 1.807) is 25.1 Å². The van der Waals surface area contributed by atoms with Gasteiger partial charge in [0.25, 0.3) is 11.8 Å². The number of benzene rings is 2. The SMILES string of the molecule is COc1ccc2c(c1OC)C(=O)N(Cc1ccc(C)c(F)c1)C2=O. The van der Waals surface area contributed by atoms with Gasteiger partial charge in [0.1, 0.15) is 5.82 Å². The van der Waals surface area contributed by atoms with Gasteiger partial charge in [0.2, 0.25) is 0 Å². The van der Waals surface area contributed by atoms with Crippen LogP contribution in [0.2, 0.25) is 0 Å². The first-order valence-electron chi connectivity index (χ1n) is 7.34. The van der Waals surface area contributed by atoms with Gasteiger partial charge in [-0.2, -0.15) is 0 Å². The average Bonchev–Trinajstić information content (AvgIpc) is 2.82. The van der Waals surface area contributed by atoms with E-state index in [1.807, 2.05) is 0 Å². The van der Waals surface area contributed by atoms with Gasteiger partial charge in [-0.25, -0.2) is 4.39 Å². The van der Waals surface area contributed by atoms with Crippen molar-refractivity contribution < 1.29 is 23.5 Å². The molecule has 0 aliphatic carbocycles. The Morgan fingerprint density at radius 2 is 1.79 bits per heavy atom. The first-order chi connectivity index (χ1) is 11.5. The maximum Gasteiger partial charge on any atom is 0.265 e. The Morgan fingerprint density at radius 1 is 1.04 bits per heavy atom. The van der Waals surface area contributed by atoms with Crippen molar-refractivity contribution in [3.8, 4) is 11.5 Å². The lowest BCUT2D eigenvalue weighted by Crippen LogP contribution is -2.29. The number of hydrogen-bond acceptors (Lipinski definition) is 4. The maximum absolute atomic E-state index is 13.7. The van der Waals surface area contributed by atoms with Crippen LogP contribution in [0.1, 0.15) is 31.8 Å². The molecule has 0 bridgehead atoms. The molecule has 24 heavy (non-hydrogen) atoms. The van der Waals surface area contributed by atoms with Crippen molar-refractivity contribution in [2.75, 3.05) is 14.2 Å². The summed E-state index contributed by atoms with van der Waals surface area (Å²) in [4.78, 5) is 26.3. The highest BCUT2D eigenvalue weighted by Gasteiger charge is 2.39. The van der Waals surface area contributed by atoms with Crippen LogP contribution in [0.25, 0.3) is 0 Å². The summed E-state index contributed by atoms with van der Waals surface area (Å²) in [7, 11) is 2.87. The quantitative estimate of drug-likeness (QED) is 0.809. The normalized spacial score (nSPS) is 13.2. The van der Waals surface area contributed by atoms with E-state index in [2.05, 4.69) is 0 Å². The van der Waals surface area contributed by atoms with E-state index in [9.17, 15) is 14.0 Å². The van der Waals surface area contributed by atoms with Gasteiger partial charge in [-0.1, -0.05) is 12.1 Å². The standard InChI is InChI=1S/C18H16FNO4/c1-10-4-5-11(8-13(10)19)9-20-17(21)12-6-7-14(23-2)16(24-3)15(12)18(20)22/h4-8H,9H2,1-3H3. The third-order valence-corrected chi connectivity index (χ3v) is 4.06. The molecule has 5 nitrogen and oxygen atoms in total. The molecule has 1 aliphatic rings. The largest absolute Gasteiger partial charge is 0.493 e. The first-order valence-corrected chi connectivity index (χ1v) is 7.34. The van der Waals surface area contributed by atoms with Crippen LogP contribution in [0, 0.1) is 12.7 Å². The number of hydrogen-bond donors (Lipinski definition) is 0. The lowest BCUT2D eigenvalue weighted by atomic mass is 10.1. The highest BCUT2D eigenvalue weighted by molar-refractivity contribution is 6.22. The van der Waals surface area contributed by atoms with Crippen molar-refractivity contribution in [3.63, 3.8) is 0 Å². The summed E-state index contributed by atoms with van der Waals surface area (Å²) in [6, 6.07) is 7.76. The van der Waals surface area contributed by atoms with E-state index >= 15 is 0 Å². The third-order valence-electron chi connectivity index (χ3n) is 4.06. The summed E-state index contributed by atoms with van der Waals surface area (Å²) in [6.07, 6.45) is 0. The molecule has 0 saturated carbocycles. The second-order valence-corrected chi connectivity index (χ2v) is 5.50. The van der Waals surface area contributed by atoms with Gasteiger partial charge >= 0.3 is 0 Å². The van der Waals surface area contributed by atoms with Crippen LogP contribution in [0.15, 0.2) is 30.3 Å². The van der Waals surface area contributed by atoms with Crippen LogP contribution in [-0.4, -0.2) is 30.9 Å². The van der Waals surface area contributed by atoms with E-state index in [0.29, 0.717) is 16.9 Å². The van der Waals surface area contributed by atoms with E-state index in [-0.39, 0.29) is 29.2 Å². The molecule has 2 aromatic rings. The van der Waals surface area contributed by atoms with Gasteiger partial charge in [0.05, 0.1) is 31.9 Å². The molecule has 0 unspecified atom stereocenters. The third kappa shape index (κ3) is 2.40. The predicted molar refractivity (Wildman–Crippen MR) is 84.9 cm³/mol. The van der Waals surface area contributed by atoms with E-state index in [1.165, 1.54) is 26.4 Å². The Kier molecular flexibility index (Phi) is 3.97. The smallest absolute Gasteiger partial charge is 0.265 e. The average molecular weight is 329 g/mol. The van der Waals surface area contributed by atoms with Crippen LogP contribution in [0.4, 0.5) is 4.39 Å². The number of ether oxygens (including phenoxy) is 2. The molecule has 0 spiro atoms. The Balaban J connectivity index is 1.99. The Hall–Kier alpha value is -2.89. The molecule has 2 amide bonds. The number of rotatable bonds is 4. The predicted octanol–water partition coefficient (Wildman–Crippen LogP) is 2.95. The van der Waals surface area contributed by atoms with Crippen LogP contribution in [0.5, 0.6) is 11.5 Å². The minimum Gasteiger partial charge on any atom is -0.493 e. The molecular formula is C18H16FNO4. The lowest BCUT2D eigenvalue weighted by molar-refractivity contribution is 0.0641. The number of carbonyl (C=O) groups is 2. The van der Waals surface area contributed by atoms with E-state index in [0.717, 1.165) is 4.90 Å². The molecule has 0 N–H and O–H groups in total. The number of halogens is 1. The monoisotopic (exact) mass is 329 g/mol. The highest BCUT2D eigenvalue weighted by Crippen LogP contribution is 2.38. The molecule has 1 aliphatic heterocycles. The van der Waals surface area contributed by atoms with E-state index in [4.69, 9.17) is 9.47 Å². The summed E-state index contributed by atoms with van der Waals surface area (Å²) in [5.41, 5.74) is 1.48. The van der Waals surface area contributed by atoms with Crippen LogP contribution in [-0.2, 0) is 6.54 Å². The molecule has 0 aromatic heterocycles. The van der Waals surface area contributed by atoms with Crippen LogP contribution in [0.3, 0.4) is 0 Å². The van der Waals surface area contributed by atoms with Gasteiger partial charge in [-0.05, 0) is 36.2 Å². The molecule has 3 rings (SSSR count). The summed E-state index contributed by atoms with van der Waals surface area (Å²) in [6.45, 7) is 1.65. The molecular weight excluding hydrogens is 313 g/mol. The second kappa shape index (κ2) is 5.96. The van der Waals surface area contributed by atoms with Crippen molar-refractivity contribution in [2.24, 2.45) is 0 Å². The van der Waals surface area contributed by atoms with Crippen molar-refractivity contribution in [1.29, 1.82) is 0 Å². The van der Waals surface area contributed by atoms with Crippen molar-refractivity contribution in [2.45, 2.75) is 13.5 Å². The summed E-state index contributed by atoms with van der Waals surface area (Å²) in [5.74, 6) is -0.682. The molecule has 6 heteroatoms. The molecule has 0 radical (unpaired) electrons.